The number of hydrogen-bond donors (Lipinski definition) is 5. The van der Waals surface area contributed by atoms with Crippen LogP contribution in [0, 0.1) is 0 Å². The summed E-state index contributed by atoms with van der Waals surface area (Å²) in [6.07, 6.45) is -6.99. The fourth-order valence-corrected chi connectivity index (χ4v) is 3.37. The summed E-state index contributed by atoms with van der Waals surface area (Å²) in [4.78, 5) is 0. The molecule has 1 fully saturated rings. The molecule has 0 amide bonds. The van der Waals surface area contributed by atoms with Crippen LogP contribution in [0.15, 0.2) is 54.6 Å². The van der Waals surface area contributed by atoms with E-state index < -0.39 is 45.3 Å². The van der Waals surface area contributed by atoms with Crippen molar-refractivity contribution >= 4 is 7.82 Å². The molecule has 2 aromatic rings. The second-order valence-electron chi connectivity index (χ2n) is 6.80. The van der Waals surface area contributed by atoms with Gasteiger partial charge in [-0.15, -0.1) is 0 Å². The Labute approximate surface area is 183 Å². The Morgan fingerprint density at radius 1 is 0.875 bits per heavy atom. The van der Waals surface area contributed by atoms with Crippen molar-refractivity contribution in [3.8, 4) is 16.9 Å². The zero-order valence-electron chi connectivity index (χ0n) is 16.8. The predicted octanol–water partition coefficient (Wildman–Crippen LogP) is 0.419. The molecular formula is C19H25N2O10P. The van der Waals surface area contributed by atoms with Gasteiger partial charge in [-0.3, -0.25) is 4.52 Å². The molecule has 2 aromatic carbocycles. The number of rotatable bonds is 10. The number of aliphatic hydroxyl groups is 3. The Bertz CT molecular complexity index is 879. The van der Waals surface area contributed by atoms with E-state index in [1.54, 1.807) is 12.1 Å². The van der Waals surface area contributed by atoms with Gasteiger partial charge in [0.1, 0.15) is 30.2 Å². The number of ether oxygens (including phenoxy) is 3. The van der Waals surface area contributed by atoms with Gasteiger partial charge in [-0.05, 0) is 23.3 Å². The van der Waals surface area contributed by atoms with E-state index in [1.165, 1.54) is 0 Å². The molecule has 0 unspecified atom stereocenters. The molecule has 0 bridgehead atoms. The second kappa shape index (κ2) is 11.3. The molecule has 0 radical (unpaired) electrons. The summed E-state index contributed by atoms with van der Waals surface area (Å²) >= 11 is 0. The molecule has 7 N–H and O–H groups in total. The van der Waals surface area contributed by atoms with Crippen LogP contribution in [0.4, 0.5) is 0 Å². The fourth-order valence-electron chi connectivity index (χ4n) is 2.99. The van der Waals surface area contributed by atoms with E-state index in [0.29, 0.717) is 5.75 Å². The highest BCUT2D eigenvalue weighted by atomic mass is 31.2. The van der Waals surface area contributed by atoms with Gasteiger partial charge in [0, 0.05) is 0 Å². The van der Waals surface area contributed by atoms with E-state index >= 15 is 0 Å². The highest BCUT2D eigenvalue weighted by Gasteiger charge is 2.45. The van der Waals surface area contributed by atoms with E-state index in [1.807, 2.05) is 42.5 Å². The van der Waals surface area contributed by atoms with Gasteiger partial charge in [-0.1, -0.05) is 42.5 Å². The average molecular weight is 472 g/mol. The Morgan fingerprint density at radius 2 is 1.50 bits per heavy atom. The van der Waals surface area contributed by atoms with Crippen LogP contribution in [0.1, 0.15) is 0 Å². The molecule has 176 valence electrons. The molecular weight excluding hydrogens is 447 g/mol. The van der Waals surface area contributed by atoms with Crippen LogP contribution in [-0.2, 0) is 27.8 Å². The summed E-state index contributed by atoms with van der Waals surface area (Å²) in [7, 11) is -4.16. The maximum atomic E-state index is 11.6. The van der Waals surface area contributed by atoms with Gasteiger partial charge in [0.05, 0.1) is 6.61 Å². The van der Waals surface area contributed by atoms with Crippen molar-refractivity contribution in [3.63, 3.8) is 0 Å². The fraction of sp³-hybridized carbons (Fsp3) is 0.368. The van der Waals surface area contributed by atoms with Crippen LogP contribution in [-0.4, -0.2) is 59.4 Å². The lowest BCUT2D eigenvalue weighted by Gasteiger charge is -2.40. The smallest absolute Gasteiger partial charge is 0.462 e. The van der Waals surface area contributed by atoms with Crippen LogP contribution in [0.3, 0.4) is 0 Å². The molecule has 3 rings (SSSR count). The Balaban J connectivity index is 1.58. The van der Waals surface area contributed by atoms with Gasteiger partial charge in [0.25, 0.3) is 0 Å². The lowest BCUT2D eigenvalue weighted by atomic mass is 9.99. The molecule has 1 saturated heterocycles. The van der Waals surface area contributed by atoms with Crippen molar-refractivity contribution in [1.29, 1.82) is 0 Å². The van der Waals surface area contributed by atoms with Gasteiger partial charge in [-0.2, -0.15) is 9.25 Å². The van der Waals surface area contributed by atoms with Gasteiger partial charge in [-0.25, -0.2) is 16.4 Å². The van der Waals surface area contributed by atoms with Gasteiger partial charge >= 0.3 is 7.82 Å². The molecule has 5 atom stereocenters. The summed E-state index contributed by atoms with van der Waals surface area (Å²) in [5.74, 6) is 9.86. The van der Waals surface area contributed by atoms with Gasteiger partial charge in [0.2, 0.25) is 6.29 Å². The Hall–Kier alpha value is -1.93. The van der Waals surface area contributed by atoms with E-state index in [9.17, 15) is 19.9 Å². The normalized spacial score (nSPS) is 26.1. The Morgan fingerprint density at radius 3 is 2.12 bits per heavy atom. The van der Waals surface area contributed by atoms with E-state index in [0.717, 1.165) is 11.1 Å². The zero-order valence-corrected chi connectivity index (χ0v) is 17.7. The number of aliphatic hydroxyl groups excluding tert-OH is 3. The van der Waals surface area contributed by atoms with Gasteiger partial charge < -0.3 is 29.5 Å². The topological polar surface area (TPSA) is 185 Å². The van der Waals surface area contributed by atoms with Crippen molar-refractivity contribution in [3.05, 3.63) is 54.6 Å². The van der Waals surface area contributed by atoms with Crippen molar-refractivity contribution in [1.82, 2.24) is 0 Å². The molecule has 32 heavy (non-hydrogen) atoms. The van der Waals surface area contributed by atoms with Crippen molar-refractivity contribution in [2.75, 3.05) is 13.4 Å². The van der Waals surface area contributed by atoms with Crippen LogP contribution < -0.4 is 16.5 Å². The third kappa shape index (κ3) is 6.10. The molecule has 0 saturated carbocycles. The maximum absolute atomic E-state index is 11.6. The number of nitrogens with two attached hydrogens (primary N) is 2. The molecule has 0 spiro atoms. The highest BCUT2D eigenvalue weighted by molar-refractivity contribution is 7.48. The summed E-state index contributed by atoms with van der Waals surface area (Å²) in [6.45, 7) is -0.962. The SMILES string of the molecule is NOP(=O)(ON)OCOC[C@H]1O[C@H](Oc2ccc(-c3ccccc3)cc2)[C@@H](O)[C@@H](O)[C@@H]1O. The third-order valence-corrected chi connectivity index (χ3v) is 5.65. The monoisotopic (exact) mass is 472 g/mol. The molecule has 0 aromatic heterocycles. The average Bonchev–Trinajstić information content (AvgIpc) is 2.83. The second-order valence-corrected chi connectivity index (χ2v) is 8.37. The first-order chi connectivity index (χ1) is 15.4. The van der Waals surface area contributed by atoms with Crippen molar-refractivity contribution in [2.45, 2.75) is 30.7 Å². The molecule has 12 nitrogen and oxygen atoms in total. The minimum atomic E-state index is -4.16. The molecule has 1 heterocycles. The van der Waals surface area contributed by atoms with E-state index in [2.05, 4.69) is 13.8 Å². The first kappa shape index (κ1) is 24.7. The molecule has 1 aliphatic rings. The van der Waals surface area contributed by atoms with Crippen LogP contribution in [0.25, 0.3) is 11.1 Å². The first-order valence-corrected chi connectivity index (χ1v) is 10.9. The van der Waals surface area contributed by atoms with E-state index in [4.69, 9.17) is 26.0 Å². The molecule has 1 aliphatic heterocycles. The minimum absolute atomic E-state index is 0.326. The quantitative estimate of drug-likeness (QED) is 0.139. The standard InChI is InChI=1S/C19H25N2O10P/c20-30-32(25,31-21)27-11-26-10-15-16(22)17(23)18(24)19(29-15)28-14-8-6-13(7-9-14)12-4-2-1-3-5-12/h1-9,15-19,22-24H,10-11,20-21H2/t15-,16-,17+,18+,19+/m1/s1. The molecule has 13 heteroatoms. The van der Waals surface area contributed by atoms with Crippen molar-refractivity contribution in [2.24, 2.45) is 11.8 Å². The first-order valence-electron chi connectivity index (χ1n) is 9.48. The van der Waals surface area contributed by atoms with Gasteiger partial charge in [0.15, 0.2) is 6.79 Å². The van der Waals surface area contributed by atoms with Crippen LogP contribution in [0.2, 0.25) is 0 Å². The van der Waals surface area contributed by atoms with E-state index in [-0.39, 0.29) is 6.61 Å². The lowest BCUT2D eigenvalue weighted by molar-refractivity contribution is -0.281. The number of hydrogen-bond acceptors (Lipinski definition) is 12. The van der Waals surface area contributed by atoms with Crippen LogP contribution >= 0.6 is 7.82 Å². The summed E-state index contributed by atoms with van der Waals surface area (Å²) in [5, 5.41) is 30.5. The minimum Gasteiger partial charge on any atom is -0.462 e. The van der Waals surface area contributed by atoms with Crippen molar-refractivity contribution < 1.29 is 47.9 Å². The Kier molecular flexibility index (Phi) is 8.71. The highest BCUT2D eigenvalue weighted by Crippen LogP contribution is 2.45. The number of phosphoric acid groups is 1. The largest absolute Gasteiger partial charge is 0.509 e. The van der Waals surface area contributed by atoms with Crippen LogP contribution in [0.5, 0.6) is 5.75 Å². The predicted molar refractivity (Wildman–Crippen MR) is 109 cm³/mol. The summed E-state index contributed by atoms with van der Waals surface area (Å²) in [6, 6.07) is 16.8. The lowest BCUT2D eigenvalue weighted by Crippen LogP contribution is -2.60. The maximum Gasteiger partial charge on any atom is 0.509 e. The third-order valence-electron chi connectivity index (χ3n) is 4.72. The number of benzene rings is 2. The summed E-state index contributed by atoms with van der Waals surface area (Å²) in [5.41, 5.74) is 1.99. The zero-order chi connectivity index (χ0) is 23.1. The summed E-state index contributed by atoms with van der Waals surface area (Å²) < 4.78 is 40.4. The molecule has 0 aliphatic carbocycles.